The number of anilines is 1. The molecule has 2 amide bonds. The molecule has 0 saturated carbocycles. The van der Waals surface area contributed by atoms with Crippen molar-refractivity contribution in [2.24, 2.45) is 0 Å². The molecule has 0 fully saturated rings. The summed E-state index contributed by atoms with van der Waals surface area (Å²) in [5, 5.41) is 13.8. The average Bonchev–Trinajstić information content (AvgIpc) is 2.99. The molecule has 1 aromatic carbocycles. The number of rotatable bonds is 6. The maximum atomic E-state index is 13.3. The predicted octanol–water partition coefficient (Wildman–Crippen LogP) is 4.12. The lowest BCUT2D eigenvalue weighted by Crippen LogP contribution is -2.30. The van der Waals surface area contributed by atoms with Gasteiger partial charge in [-0.05, 0) is 29.5 Å². The summed E-state index contributed by atoms with van der Waals surface area (Å²) >= 11 is 0.958. The van der Waals surface area contributed by atoms with Crippen LogP contribution < -0.4 is 10.6 Å². The zero-order valence-corrected chi connectivity index (χ0v) is 14.7. The third kappa shape index (κ3) is 6.53. The van der Waals surface area contributed by atoms with Crippen LogP contribution in [0.15, 0.2) is 24.4 Å². The van der Waals surface area contributed by atoms with Crippen LogP contribution in [0, 0.1) is 17.1 Å². The Hall–Kier alpha value is -2.32. The van der Waals surface area contributed by atoms with Crippen molar-refractivity contribution in [3.63, 3.8) is 0 Å². The molecule has 138 valence electrons. The Morgan fingerprint density at radius 3 is 2.85 bits per heavy atom. The van der Waals surface area contributed by atoms with E-state index in [-0.39, 0.29) is 34.8 Å². The Kier molecular flexibility index (Phi) is 6.82. The van der Waals surface area contributed by atoms with E-state index in [0.717, 1.165) is 4.88 Å². The number of carbonyl (C=O) groups excluding carboxylic acids is 1. The molecule has 11 heteroatoms. The van der Waals surface area contributed by atoms with Gasteiger partial charge in [-0.1, -0.05) is 6.07 Å². The highest BCUT2D eigenvalue weighted by Crippen LogP contribution is 2.29. The van der Waals surface area contributed by atoms with Gasteiger partial charge in [0.1, 0.15) is 11.9 Å². The number of hydrogen-bond acceptors (Lipinski definition) is 5. The second kappa shape index (κ2) is 8.86. The van der Waals surface area contributed by atoms with E-state index in [4.69, 9.17) is 5.26 Å². The van der Waals surface area contributed by atoms with Crippen molar-refractivity contribution in [3.05, 3.63) is 46.2 Å². The summed E-state index contributed by atoms with van der Waals surface area (Å²) in [7, 11) is 0. The average molecular weight is 404 g/mol. The standard InChI is InChI=1S/C15H12F4N4OS2/c16-12-2-1-9(5-10(12)7-20)6-11-8-22-14(26-11)23-13(24)21-3-4-25-15(17,18)19/h1-2,5,8H,3-4,6H2,(H2,21,22,23,24). The lowest BCUT2D eigenvalue weighted by atomic mass is 10.1. The van der Waals surface area contributed by atoms with E-state index in [1.54, 1.807) is 12.1 Å². The van der Waals surface area contributed by atoms with Crippen LogP contribution in [0.5, 0.6) is 0 Å². The lowest BCUT2D eigenvalue weighted by molar-refractivity contribution is -0.0327. The van der Waals surface area contributed by atoms with Crippen LogP contribution in [0.2, 0.25) is 0 Å². The van der Waals surface area contributed by atoms with Crippen LogP contribution in [0.4, 0.5) is 27.5 Å². The summed E-state index contributed by atoms with van der Waals surface area (Å²) in [6, 6.07) is 5.31. The van der Waals surface area contributed by atoms with E-state index in [9.17, 15) is 22.4 Å². The molecule has 0 aliphatic rings. The minimum atomic E-state index is -4.33. The van der Waals surface area contributed by atoms with Gasteiger partial charge in [-0.25, -0.2) is 14.2 Å². The van der Waals surface area contributed by atoms with Crippen molar-refractivity contribution in [1.82, 2.24) is 10.3 Å². The predicted molar refractivity (Wildman–Crippen MR) is 91.6 cm³/mol. The Labute approximate surface area is 154 Å². The molecular weight excluding hydrogens is 392 g/mol. The first-order valence-corrected chi connectivity index (χ1v) is 8.96. The Morgan fingerprint density at radius 2 is 2.15 bits per heavy atom. The van der Waals surface area contributed by atoms with Gasteiger partial charge < -0.3 is 5.32 Å². The summed E-state index contributed by atoms with van der Waals surface area (Å²) < 4.78 is 49.2. The number of nitrogens with one attached hydrogen (secondary N) is 2. The maximum absolute atomic E-state index is 13.3. The molecule has 2 aromatic rings. The van der Waals surface area contributed by atoms with E-state index < -0.39 is 17.4 Å². The fraction of sp³-hybridized carbons (Fsp3) is 0.267. The SMILES string of the molecule is N#Cc1cc(Cc2cnc(NC(=O)NCCSC(F)(F)F)s2)ccc1F. The number of hydrogen-bond donors (Lipinski definition) is 2. The van der Waals surface area contributed by atoms with Crippen molar-refractivity contribution in [1.29, 1.82) is 5.26 Å². The minimum Gasteiger partial charge on any atom is -0.337 e. The van der Waals surface area contributed by atoms with Gasteiger partial charge in [-0.3, -0.25) is 5.32 Å². The van der Waals surface area contributed by atoms with Crippen molar-refractivity contribution in [2.75, 3.05) is 17.6 Å². The first kappa shape index (κ1) is 20.0. The van der Waals surface area contributed by atoms with Crippen molar-refractivity contribution in [3.8, 4) is 6.07 Å². The monoisotopic (exact) mass is 404 g/mol. The highest BCUT2D eigenvalue weighted by molar-refractivity contribution is 8.00. The molecule has 5 nitrogen and oxygen atoms in total. The van der Waals surface area contributed by atoms with Gasteiger partial charge >= 0.3 is 11.5 Å². The van der Waals surface area contributed by atoms with Crippen LogP contribution in [0.25, 0.3) is 0 Å². The van der Waals surface area contributed by atoms with E-state index in [1.807, 2.05) is 0 Å². The Bertz CT molecular complexity index is 817. The number of amides is 2. The molecule has 2 N–H and O–H groups in total. The molecule has 0 aliphatic heterocycles. The number of carbonyl (C=O) groups is 1. The lowest BCUT2D eigenvalue weighted by Gasteiger charge is -2.07. The van der Waals surface area contributed by atoms with Crippen LogP contribution in [-0.4, -0.2) is 28.8 Å². The quantitative estimate of drug-likeness (QED) is 0.561. The maximum Gasteiger partial charge on any atom is 0.441 e. The van der Waals surface area contributed by atoms with Gasteiger partial charge in [0.2, 0.25) is 0 Å². The van der Waals surface area contributed by atoms with E-state index >= 15 is 0 Å². The van der Waals surface area contributed by atoms with Gasteiger partial charge in [0, 0.05) is 29.8 Å². The zero-order valence-electron chi connectivity index (χ0n) is 13.1. The van der Waals surface area contributed by atoms with E-state index in [0.29, 0.717) is 12.0 Å². The van der Waals surface area contributed by atoms with Crippen LogP contribution >= 0.6 is 23.1 Å². The fourth-order valence-electron chi connectivity index (χ4n) is 1.89. The van der Waals surface area contributed by atoms with Crippen LogP contribution in [0.1, 0.15) is 16.0 Å². The molecule has 2 rings (SSSR count). The molecule has 26 heavy (non-hydrogen) atoms. The number of benzene rings is 1. The third-order valence-corrected chi connectivity index (χ3v) is 4.61. The van der Waals surface area contributed by atoms with Gasteiger partial charge in [0.15, 0.2) is 5.13 Å². The largest absolute Gasteiger partial charge is 0.441 e. The normalized spacial score (nSPS) is 11.0. The molecule has 1 aromatic heterocycles. The Morgan fingerprint density at radius 1 is 1.38 bits per heavy atom. The summed E-state index contributed by atoms with van der Waals surface area (Å²) in [6.07, 6.45) is 1.92. The second-order valence-corrected chi connectivity index (χ2v) is 7.18. The molecule has 0 unspecified atom stereocenters. The number of thioether (sulfide) groups is 1. The van der Waals surface area contributed by atoms with Gasteiger partial charge in [0.05, 0.1) is 5.56 Å². The number of nitriles is 1. The zero-order chi connectivity index (χ0) is 19.2. The molecule has 0 bridgehead atoms. The summed E-state index contributed by atoms with van der Waals surface area (Å²) in [5.41, 5.74) is -3.66. The topological polar surface area (TPSA) is 77.8 Å². The first-order valence-electron chi connectivity index (χ1n) is 7.15. The first-order chi connectivity index (χ1) is 12.3. The van der Waals surface area contributed by atoms with Gasteiger partial charge in [0.25, 0.3) is 0 Å². The number of alkyl halides is 3. The third-order valence-electron chi connectivity index (χ3n) is 2.96. The number of urea groups is 1. The molecule has 0 aliphatic carbocycles. The van der Waals surface area contributed by atoms with Gasteiger partial charge in [-0.2, -0.15) is 18.4 Å². The summed E-state index contributed by atoms with van der Waals surface area (Å²) in [6.45, 7) is -0.138. The number of aromatic nitrogens is 1. The van der Waals surface area contributed by atoms with Crippen LogP contribution in [-0.2, 0) is 6.42 Å². The molecule has 0 saturated heterocycles. The van der Waals surface area contributed by atoms with Gasteiger partial charge in [-0.15, -0.1) is 11.3 Å². The Balaban J connectivity index is 1.84. The van der Waals surface area contributed by atoms with Crippen LogP contribution in [0.3, 0.4) is 0 Å². The second-order valence-electron chi connectivity index (χ2n) is 4.91. The van der Waals surface area contributed by atoms with Crippen molar-refractivity contribution < 1.29 is 22.4 Å². The smallest absolute Gasteiger partial charge is 0.337 e. The minimum absolute atomic E-state index is 0.0542. The molecular formula is C15H12F4N4OS2. The number of nitrogens with zero attached hydrogens (tertiary/aromatic N) is 2. The molecule has 0 atom stereocenters. The highest BCUT2D eigenvalue weighted by atomic mass is 32.2. The van der Waals surface area contributed by atoms with E-state index in [1.165, 1.54) is 29.7 Å². The fourth-order valence-corrected chi connectivity index (χ4v) is 3.17. The van der Waals surface area contributed by atoms with Crippen molar-refractivity contribution in [2.45, 2.75) is 11.9 Å². The molecule has 0 spiro atoms. The van der Waals surface area contributed by atoms with E-state index in [2.05, 4.69) is 15.6 Å². The summed E-state index contributed by atoms with van der Waals surface area (Å²) in [4.78, 5) is 16.4. The molecule has 1 heterocycles. The summed E-state index contributed by atoms with van der Waals surface area (Å²) in [5.74, 6) is -0.880. The number of thiazole rings is 1. The molecule has 0 radical (unpaired) electrons. The number of halogens is 4. The highest BCUT2D eigenvalue weighted by Gasteiger charge is 2.27. The van der Waals surface area contributed by atoms with Crippen molar-refractivity contribution >= 4 is 34.3 Å².